The highest BCUT2D eigenvalue weighted by Crippen LogP contribution is 1.76. The maximum Gasteiger partial charge on any atom is 0.0701 e. The molecule has 0 spiro atoms. The van der Waals surface area contributed by atoms with E-state index in [0.717, 1.165) is 0 Å². The van der Waals surface area contributed by atoms with Crippen LogP contribution in [0.4, 0.5) is 0 Å². The topological polar surface area (TPSA) is 99.4 Å². The highest BCUT2D eigenvalue weighted by molar-refractivity contribution is 4.30. The van der Waals surface area contributed by atoms with Gasteiger partial charge < -0.3 is 29.9 Å². The molecule has 15 heavy (non-hydrogen) atoms. The molecular formula is C9H22O6. The molecule has 6 heteroatoms. The molecule has 0 aliphatic carbocycles. The zero-order chi connectivity index (χ0) is 11.8. The van der Waals surface area contributed by atoms with Crippen LogP contribution in [-0.4, -0.2) is 73.3 Å². The quantitative estimate of drug-likeness (QED) is 0.352. The Morgan fingerprint density at radius 3 is 1.13 bits per heavy atom. The summed E-state index contributed by atoms with van der Waals surface area (Å²) >= 11 is 0. The lowest BCUT2D eigenvalue weighted by Crippen LogP contribution is -2.09. The average Bonchev–Trinajstić information content (AvgIpc) is 2.25. The zero-order valence-corrected chi connectivity index (χ0v) is 8.97. The number of aliphatic hydroxyl groups excluding tert-OH is 4. The van der Waals surface area contributed by atoms with Crippen molar-refractivity contribution in [2.75, 3.05) is 52.9 Å². The van der Waals surface area contributed by atoms with Crippen molar-refractivity contribution in [1.82, 2.24) is 0 Å². The van der Waals surface area contributed by atoms with Gasteiger partial charge in [0.25, 0.3) is 0 Å². The first-order chi connectivity index (χ1) is 7.33. The fourth-order valence-corrected chi connectivity index (χ4v) is 0.522. The third-order valence-electron chi connectivity index (χ3n) is 1.16. The first kappa shape index (κ1) is 17.2. The Hall–Kier alpha value is -0.240. The molecule has 0 bridgehead atoms. The molecular weight excluding hydrogens is 204 g/mol. The van der Waals surface area contributed by atoms with Gasteiger partial charge >= 0.3 is 0 Å². The van der Waals surface area contributed by atoms with Crippen molar-refractivity contribution in [2.45, 2.75) is 6.42 Å². The van der Waals surface area contributed by atoms with Crippen LogP contribution in [0.1, 0.15) is 6.42 Å². The van der Waals surface area contributed by atoms with Crippen molar-refractivity contribution < 1.29 is 29.9 Å². The van der Waals surface area contributed by atoms with E-state index in [4.69, 9.17) is 29.9 Å². The summed E-state index contributed by atoms with van der Waals surface area (Å²) < 4.78 is 9.75. The second-order valence-corrected chi connectivity index (χ2v) is 2.47. The second-order valence-electron chi connectivity index (χ2n) is 2.47. The lowest BCUT2D eigenvalue weighted by atomic mass is 10.5. The highest BCUT2D eigenvalue weighted by Gasteiger charge is 1.86. The van der Waals surface area contributed by atoms with E-state index in [1.54, 1.807) is 0 Å². The number of aliphatic hydroxyl groups is 4. The van der Waals surface area contributed by atoms with Crippen LogP contribution in [0.3, 0.4) is 0 Å². The summed E-state index contributed by atoms with van der Waals surface area (Å²) in [4.78, 5) is 0. The molecule has 0 radical (unpaired) electrons. The smallest absolute Gasteiger partial charge is 0.0701 e. The average molecular weight is 226 g/mol. The fraction of sp³-hybridized carbons (Fsp3) is 1.00. The maximum atomic E-state index is 8.26. The molecule has 0 aliphatic rings. The summed E-state index contributed by atoms with van der Waals surface area (Å²) in [7, 11) is 0. The van der Waals surface area contributed by atoms with Gasteiger partial charge in [-0.1, -0.05) is 0 Å². The molecule has 0 amide bonds. The van der Waals surface area contributed by atoms with E-state index in [0.29, 0.717) is 32.8 Å². The Balaban J connectivity index is 0. The van der Waals surface area contributed by atoms with Gasteiger partial charge in [0.2, 0.25) is 0 Å². The molecule has 0 fully saturated rings. The van der Waals surface area contributed by atoms with Gasteiger partial charge in [0, 0.05) is 13.2 Å². The van der Waals surface area contributed by atoms with Gasteiger partial charge in [0.1, 0.15) is 0 Å². The first-order valence-electron chi connectivity index (χ1n) is 4.92. The minimum atomic E-state index is 0.0417. The number of hydrogen-bond donors (Lipinski definition) is 4. The molecule has 0 heterocycles. The molecule has 4 N–H and O–H groups in total. The lowest BCUT2D eigenvalue weighted by molar-refractivity contribution is 0.0222. The standard InChI is InChI=1S/C6H14O4.C3H8O2/c7-1-3-9-5-6-10-4-2-8;4-2-1-3-5/h7-8H,1-6H2;4-5H,1-3H2. The van der Waals surface area contributed by atoms with Crippen molar-refractivity contribution in [3.8, 4) is 0 Å². The van der Waals surface area contributed by atoms with Crippen molar-refractivity contribution in [3.63, 3.8) is 0 Å². The van der Waals surface area contributed by atoms with Crippen LogP contribution >= 0.6 is 0 Å². The number of hydrogen-bond acceptors (Lipinski definition) is 6. The Labute approximate surface area is 90.1 Å². The molecule has 0 aromatic rings. The van der Waals surface area contributed by atoms with Crippen LogP contribution in [0.25, 0.3) is 0 Å². The van der Waals surface area contributed by atoms with E-state index in [9.17, 15) is 0 Å². The summed E-state index contributed by atoms with van der Waals surface area (Å²) in [5, 5.41) is 32.3. The maximum absolute atomic E-state index is 8.26. The molecule has 6 nitrogen and oxygen atoms in total. The first-order valence-corrected chi connectivity index (χ1v) is 4.92. The fourth-order valence-electron chi connectivity index (χ4n) is 0.522. The molecule has 94 valence electrons. The minimum Gasteiger partial charge on any atom is -0.396 e. The second kappa shape index (κ2) is 19.4. The van der Waals surface area contributed by atoms with E-state index >= 15 is 0 Å². The summed E-state index contributed by atoms with van der Waals surface area (Å²) in [5.41, 5.74) is 0. The Bertz CT molecular complexity index is 80.7. The van der Waals surface area contributed by atoms with Gasteiger partial charge in [-0.3, -0.25) is 0 Å². The van der Waals surface area contributed by atoms with Gasteiger partial charge in [0.05, 0.1) is 39.6 Å². The minimum absolute atomic E-state index is 0.0417. The molecule has 0 saturated carbocycles. The van der Waals surface area contributed by atoms with Crippen LogP contribution in [0.2, 0.25) is 0 Å². The predicted molar refractivity (Wildman–Crippen MR) is 54.6 cm³/mol. The molecule has 0 unspecified atom stereocenters. The van der Waals surface area contributed by atoms with Gasteiger partial charge in [-0.25, -0.2) is 0 Å². The van der Waals surface area contributed by atoms with Crippen molar-refractivity contribution in [2.24, 2.45) is 0 Å². The highest BCUT2D eigenvalue weighted by atomic mass is 16.5. The summed E-state index contributed by atoms with van der Waals surface area (Å²) in [6, 6.07) is 0. The van der Waals surface area contributed by atoms with Gasteiger partial charge in [0.15, 0.2) is 0 Å². The lowest BCUT2D eigenvalue weighted by Gasteiger charge is -2.01. The van der Waals surface area contributed by atoms with Crippen LogP contribution in [0, 0.1) is 0 Å². The van der Waals surface area contributed by atoms with Crippen LogP contribution in [0.15, 0.2) is 0 Å². The Kier molecular flexibility index (Phi) is 22.1. The van der Waals surface area contributed by atoms with Gasteiger partial charge in [-0.05, 0) is 6.42 Å². The molecule has 0 aliphatic heterocycles. The predicted octanol–water partition coefficient (Wildman–Crippen LogP) is -1.63. The third-order valence-corrected chi connectivity index (χ3v) is 1.16. The third kappa shape index (κ3) is 24.8. The van der Waals surface area contributed by atoms with E-state index in [1.165, 1.54) is 0 Å². The largest absolute Gasteiger partial charge is 0.396 e. The van der Waals surface area contributed by atoms with Gasteiger partial charge in [-0.2, -0.15) is 0 Å². The number of rotatable bonds is 9. The Morgan fingerprint density at radius 2 is 0.933 bits per heavy atom. The molecule has 0 aromatic carbocycles. The SMILES string of the molecule is OCCCO.OCCOCCOCCO. The Morgan fingerprint density at radius 1 is 0.533 bits per heavy atom. The van der Waals surface area contributed by atoms with Crippen LogP contribution < -0.4 is 0 Å². The van der Waals surface area contributed by atoms with Crippen molar-refractivity contribution in [3.05, 3.63) is 0 Å². The normalized spacial score (nSPS) is 9.60. The summed E-state index contributed by atoms with van der Waals surface area (Å²) in [5.74, 6) is 0. The van der Waals surface area contributed by atoms with E-state index in [1.807, 2.05) is 0 Å². The summed E-state index contributed by atoms with van der Waals surface area (Å²) in [6.45, 7) is 1.92. The van der Waals surface area contributed by atoms with E-state index < -0.39 is 0 Å². The number of ether oxygens (including phenoxy) is 2. The van der Waals surface area contributed by atoms with Crippen LogP contribution in [0.5, 0.6) is 0 Å². The summed E-state index contributed by atoms with van der Waals surface area (Å²) in [6.07, 6.45) is 0.500. The molecule has 0 atom stereocenters. The zero-order valence-electron chi connectivity index (χ0n) is 8.97. The van der Waals surface area contributed by atoms with Crippen molar-refractivity contribution in [1.29, 1.82) is 0 Å². The van der Waals surface area contributed by atoms with Crippen LogP contribution in [-0.2, 0) is 9.47 Å². The molecule has 0 saturated heterocycles. The molecule has 0 rings (SSSR count). The van der Waals surface area contributed by atoms with E-state index in [2.05, 4.69) is 0 Å². The monoisotopic (exact) mass is 226 g/mol. The van der Waals surface area contributed by atoms with Gasteiger partial charge in [-0.15, -0.1) is 0 Å². The van der Waals surface area contributed by atoms with E-state index in [-0.39, 0.29) is 26.4 Å². The van der Waals surface area contributed by atoms with Crippen molar-refractivity contribution >= 4 is 0 Å². The molecule has 0 aromatic heterocycles.